The van der Waals surface area contributed by atoms with Crippen LogP contribution in [0, 0.1) is 0 Å². The number of hydrogen-bond acceptors (Lipinski definition) is 2. The van der Waals surface area contributed by atoms with Gasteiger partial charge in [-0.1, -0.05) is 41.9 Å². The standard InChI is InChI=1S/C17H20ClNO/c1-2-20-17-9-8-16(18)12-15(17)13-19-11-10-14-6-4-3-5-7-14/h3-9,12,19H,2,10-11,13H2,1H3. The molecule has 0 amide bonds. The van der Waals surface area contributed by atoms with Crippen molar-refractivity contribution in [3.8, 4) is 5.75 Å². The Hall–Kier alpha value is -1.51. The summed E-state index contributed by atoms with van der Waals surface area (Å²) in [6.45, 7) is 4.35. The molecule has 0 bridgehead atoms. The fourth-order valence-corrected chi connectivity index (χ4v) is 2.28. The molecule has 2 nitrogen and oxygen atoms in total. The Labute approximate surface area is 125 Å². The predicted molar refractivity (Wildman–Crippen MR) is 84.5 cm³/mol. The molecule has 0 aliphatic carbocycles. The zero-order valence-corrected chi connectivity index (χ0v) is 12.5. The molecule has 2 rings (SSSR count). The van der Waals surface area contributed by atoms with E-state index >= 15 is 0 Å². The quantitative estimate of drug-likeness (QED) is 0.776. The molecule has 0 atom stereocenters. The first kappa shape index (κ1) is 14.9. The molecule has 0 spiro atoms. The Morgan fingerprint density at radius 2 is 1.90 bits per heavy atom. The molecule has 0 unspecified atom stereocenters. The molecule has 0 aliphatic rings. The maximum atomic E-state index is 6.04. The molecule has 20 heavy (non-hydrogen) atoms. The lowest BCUT2D eigenvalue weighted by molar-refractivity contribution is 0.335. The fourth-order valence-electron chi connectivity index (χ4n) is 2.08. The lowest BCUT2D eigenvalue weighted by Gasteiger charge is -2.11. The fraction of sp³-hybridized carbons (Fsp3) is 0.294. The lowest BCUT2D eigenvalue weighted by Crippen LogP contribution is -2.17. The van der Waals surface area contributed by atoms with Gasteiger partial charge in [0.25, 0.3) is 0 Å². The summed E-state index contributed by atoms with van der Waals surface area (Å²) in [6.07, 6.45) is 1.02. The van der Waals surface area contributed by atoms with Gasteiger partial charge in [-0.3, -0.25) is 0 Å². The van der Waals surface area contributed by atoms with Gasteiger partial charge in [-0.25, -0.2) is 0 Å². The van der Waals surface area contributed by atoms with Crippen LogP contribution in [-0.2, 0) is 13.0 Å². The van der Waals surface area contributed by atoms with E-state index in [0.29, 0.717) is 6.61 Å². The Morgan fingerprint density at radius 3 is 2.65 bits per heavy atom. The van der Waals surface area contributed by atoms with E-state index in [1.807, 2.05) is 31.2 Å². The van der Waals surface area contributed by atoms with Gasteiger partial charge in [-0.05, 0) is 43.7 Å². The summed E-state index contributed by atoms with van der Waals surface area (Å²) >= 11 is 6.04. The van der Waals surface area contributed by atoms with E-state index in [1.165, 1.54) is 5.56 Å². The minimum Gasteiger partial charge on any atom is -0.494 e. The summed E-state index contributed by atoms with van der Waals surface area (Å²) in [5.74, 6) is 0.907. The molecule has 2 aromatic rings. The van der Waals surface area contributed by atoms with Crippen LogP contribution in [-0.4, -0.2) is 13.2 Å². The highest BCUT2D eigenvalue weighted by Crippen LogP contribution is 2.22. The number of nitrogens with one attached hydrogen (secondary N) is 1. The minimum atomic E-state index is 0.665. The third-order valence-corrected chi connectivity index (χ3v) is 3.31. The molecule has 0 radical (unpaired) electrons. The SMILES string of the molecule is CCOc1ccc(Cl)cc1CNCCc1ccccc1. The van der Waals surface area contributed by atoms with E-state index in [2.05, 4.69) is 29.6 Å². The van der Waals surface area contributed by atoms with Crippen LogP contribution < -0.4 is 10.1 Å². The largest absolute Gasteiger partial charge is 0.494 e. The molecule has 0 aliphatic heterocycles. The summed E-state index contributed by atoms with van der Waals surface area (Å²) in [6, 6.07) is 16.2. The molecule has 2 aromatic carbocycles. The highest BCUT2D eigenvalue weighted by Gasteiger charge is 2.04. The van der Waals surface area contributed by atoms with Crippen molar-refractivity contribution in [3.63, 3.8) is 0 Å². The van der Waals surface area contributed by atoms with Crippen molar-refractivity contribution in [1.82, 2.24) is 5.32 Å². The highest BCUT2D eigenvalue weighted by molar-refractivity contribution is 6.30. The van der Waals surface area contributed by atoms with Gasteiger partial charge in [-0.15, -0.1) is 0 Å². The van der Waals surface area contributed by atoms with Crippen LogP contribution in [0.2, 0.25) is 5.02 Å². The zero-order valence-electron chi connectivity index (χ0n) is 11.7. The minimum absolute atomic E-state index is 0.665. The number of hydrogen-bond donors (Lipinski definition) is 1. The molecular weight excluding hydrogens is 270 g/mol. The predicted octanol–water partition coefficient (Wildman–Crippen LogP) is 4.07. The third-order valence-electron chi connectivity index (χ3n) is 3.07. The Bertz CT molecular complexity index is 528. The van der Waals surface area contributed by atoms with Crippen LogP contribution in [0.25, 0.3) is 0 Å². The van der Waals surface area contributed by atoms with Crippen LogP contribution in [0.3, 0.4) is 0 Å². The Morgan fingerprint density at radius 1 is 1.10 bits per heavy atom. The summed E-state index contributed by atoms with van der Waals surface area (Å²) in [4.78, 5) is 0. The van der Waals surface area contributed by atoms with Gasteiger partial charge in [-0.2, -0.15) is 0 Å². The van der Waals surface area contributed by atoms with Crippen LogP contribution in [0.4, 0.5) is 0 Å². The van der Waals surface area contributed by atoms with Crippen LogP contribution in [0.5, 0.6) is 5.75 Å². The number of benzene rings is 2. The first-order valence-corrected chi connectivity index (χ1v) is 7.33. The van der Waals surface area contributed by atoms with Crippen molar-refractivity contribution in [1.29, 1.82) is 0 Å². The topological polar surface area (TPSA) is 21.3 Å². The number of rotatable bonds is 7. The van der Waals surface area contributed by atoms with E-state index in [0.717, 1.165) is 35.8 Å². The van der Waals surface area contributed by atoms with Gasteiger partial charge in [0.2, 0.25) is 0 Å². The highest BCUT2D eigenvalue weighted by atomic mass is 35.5. The monoisotopic (exact) mass is 289 g/mol. The molecule has 0 fully saturated rings. The first-order valence-electron chi connectivity index (χ1n) is 6.95. The second kappa shape index (κ2) is 7.93. The van der Waals surface area contributed by atoms with Crippen LogP contribution in [0.1, 0.15) is 18.1 Å². The molecule has 1 N–H and O–H groups in total. The van der Waals surface area contributed by atoms with Crippen LogP contribution in [0.15, 0.2) is 48.5 Å². The smallest absolute Gasteiger partial charge is 0.123 e. The number of ether oxygens (including phenoxy) is 1. The van der Waals surface area contributed by atoms with Gasteiger partial charge in [0, 0.05) is 17.1 Å². The van der Waals surface area contributed by atoms with Gasteiger partial charge in [0.05, 0.1) is 6.61 Å². The first-order chi connectivity index (χ1) is 9.79. The normalized spacial score (nSPS) is 10.5. The third kappa shape index (κ3) is 4.55. The molecule has 3 heteroatoms. The molecule has 0 saturated carbocycles. The Kier molecular flexibility index (Phi) is 5.90. The number of halogens is 1. The van der Waals surface area contributed by atoms with Gasteiger partial charge >= 0.3 is 0 Å². The van der Waals surface area contributed by atoms with Crippen molar-refractivity contribution in [2.45, 2.75) is 19.9 Å². The van der Waals surface area contributed by atoms with Gasteiger partial charge < -0.3 is 10.1 Å². The summed E-state index contributed by atoms with van der Waals surface area (Å²) < 4.78 is 5.61. The van der Waals surface area contributed by atoms with E-state index in [4.69, 9.17) is 16.3 Å². The van der Waals surface area contributed by atoms with E-state index < -0.39 is 0 Å². The van der Waals surface area contributed by atoms with Crippen molar-refractivity contribution >= 4 is 11.6 Å². The molecule has 0 aromatic heterocycles. The molecule has 0 heterocycles. The summed E-state index contributed by atoms with van der Waals surface area (Å²) in [5, 5.41) is 4.18. The average molecular weight is 290 g/mol. The molecule has 106 valence electrons. The maximum absolute atomic E-state index is 6.04. The van der Waals surface area contributed by atoms with Crippen LogP contribution >= 0.6 is 11.6 Å². The lowest BCUT2D eigenvalue weighted by atomic mass is 10.1. The van der Waals surface area contributed by atoms with Crippen molar-refractivity contribution in [3.05, 3.63) is 64.7 Å². The second-order valence-electron chi connectivity index (χ2n) is 4.60. The maximum Gasteiger partial charge on any atom is 0.123 e. The van der Waals surface area contributed by atoms with E-state index in [-0.39, 0.29) is 0 Å². The zero-order chi connectivity index (χ0) is 14.2. The van der Waals surface area contributed by atoms with Crippen molar-refractivity contribution < 1.29 is 4.74 Å². The summed E-state index contributed by atoms with van der Waals surface area (Å²) in [7, 11) is 0. The summed E-state index contributed by atoms with van der Waals surface area (Å²) in [5.41, 5.74) is 2.45. The molecular formula is C17H20ClNO. The van der Waals surface area contributed by atoms with E-state index in [1.54, 1.807) is 0 Å². The van der Waals surface area contributed by atoms with Gasteiger partial charge in [0.15, 0.2) is 0 Å². The average Bonchev–Trinajstić information content (AvgIpc) is 2.47. The van der Waals surface area contributed by atoms with Crippen molar-refractivity contribution in [2.24, 2.45) is 0 Å². The van der Waals surface area contributed by atoms with E-state index in [9.17, 15) is 0 Å². The van der Waals surface area contributed by atoms with Crippen molar-refractivity contribution in [2.75, 3.05) is 13.2 Å². The second-order valence-corrected chi connectivity index (χ2v) is 5.03. The molecule has 0 saturated heterocycles. The Balaban J connectivity index is 1.85. The van der Waals surface area contributed by atoms with Gasteiger partial charge in [0.1, 0.15) is 5.75 Å².